The smallest absolute Gasteiger partial charge is 0.147 e. The second-order valence-corrected chi connectivity index (χ2v) is 6.96. The molecular formula is C20H25N5O2. The molecule has 0 bridgehead atoms. The summed E-state index contributed by atoms with van der Waals surface area (Å²) in [5, 5.41) is 10.5. The first-order valence-corrected chi connectivity index (χ1v) is 9.32. The number of anilines is 1. The highest BCUT2D eigenvalue weighted by molar-refractivity contribution is 6.00. The number of hydrogen-bond donors (Lipinski definition) is 2. The van der Waals surface area contributed by atoms with Crippen molar-refractivity contribution in [2.75, 3.05) is 32.5 Å². The highest BCUT2D eigenvalue weighted by Crippen LogP contribution is 2.37. The van der Waals surface area contributed by atoms with Crippen molar-refractivity contribution in [2.24, 2.45) is 0 Å². The molecule has 7 heteroatoms. The summed E-state index contributed by atoms with van der Waals surface area (Å²) in [6, 6.07) is 7.16. The summed E-state index contributed by atoms with van der Waals surface area (Å²) in [7, 11) is 1.74. The van der Waals surface area contributed by atoms with Crippen molar-refractivity contribution in [3.05, 3.63) is 36.8 Å². The number of hydrogen-bond acceptors (Lipinski definition) is 6. The van der Waals surface area contributed by atoms with Gasteiger partial charge in [0.1, 0.15) is 23.5 Å². The Bertz CT molecular complexity index is 922. The van der Waals surface area contributed by atoms with E-state index in [1.165, 1.54) is 19.2 Å². The molecule has 4 rings (SSSR count). The normalized spacial score (nSPS) is 18.2. The third-order valence-electron chi connectivity index (χ3n) is 5.30. The summed E-state index contributed by atoms with van der Waals surface area (Å²) in [6.07, 6.45) is 7.31. The van der Waals surface area contributed by atoms with Gasteiger partial charge in [-0.3, -0.25) is 4.90 Å². The Morgan fingerprint density at radius 2 is 2.04 bits per heavy atom. The van der Waals surface area contributed by atoms with Crippen molar-refractivity contribution >= 4 is 16.9 Å². The fourth-order valence-electron chi connectivity index (χ4n) is 3.95. The van der Waals surface area contributed by atoms with Crippen LogP contribution in [0.5, 0.6) is 5.75 Å². The molecule has 1 atom stereocenters. The van der Waals surface area contributed by atoms with Crippen molar-refractivity contribution in [1.82, 2.24) is 19.4 Å². The van der Waals surface area contributed by atoms with Gasteiger partial charge in [0.2, 0.25) is 0 Å². The van der Waals surface area contributed by atoms with E-state index in [0.29, 0.717) is 12.4 Å². The number of phenols is 1. The van der Waals surface area contributed by atoms with Gasteiger partial charge in [0.05, 0.1) is 18.2 Å². The maximum Gasteiger partial charge on any atom is 0.147 e. The number of piperidine rings is 1. The van der Waals surface area contributed by atoms with Crippen LogP contribution in [0.15, 0.2) is 36.8 Å². The summed E-state index contributed by atoms with van der Waals surface area (Å²) >= 11 is 0. The molecule has 7 nitrogen and oxygen atoms in total. The third-order valence-corrected chi connectivity index (χ3v) is 5.30. The van der Waals surface area contributed by atoms with Crippen molar-refractivity contribution < 1.29 is 9.84 Å². The van der Waals surface area contributed by atoms with Gasteiger partial charge in [-0.05, 0) is 37.0 Å². The van der Waals surface area contributed by atoms with Crippen LogP contribution in [0.2, 0.25) is 0 Å². The van der Waals surface area contributed by atoms with E-state index in [0.717, 1.165) is 41.7 Å². The zero-order chi connectivity index (χ0) is 18.8. The van der Waals surface area contributed by atoms with Crippen LogP contribution in [-0.2, 0) is 4.74 Å². The average molecular weight is 367 g/mol. The Hall–Kier alpha value is -2.64. The molecule has 2 aromatic heterocycles. The van der Waals surface area contributed by atoms with Crippen LogP contribution in [0.4, 0.5) is 5.82 Å². The lowest BCUT2D eigenvalue weighted by molar-refractivity contribution is 0.0641. The summed E-state index contributed by atoms with van der Waals surface area (Å²) in [5.74, 6) is 0.714. The molecule has 1 aliphatic rings. The van der Waals surface area contributed by atoms with Gasteiger partial charge in [-0.1, -0.05) is 12.1 Å². The van der Waals surface area contributed by atoms with Gasteiger partial charge < -0.3 is 20.1 Å². The molecule has 1 fully saturated rings. The van der Waals surface area contributed by atoms with Crippen molar-refractivity contribution in [3.8, 4) is 16.9 Å². The van der Waals surface area contributed by atoms with Gasteiger partial charge in [0, 0.05) is 32.0 Å². The number of phenolic OH excluding ortho intramolecular Hbond substituents is 1. The van der Waals surface area contributed by atoms with E-state index in [1.807, 2.05) is 12.1 Å². The number of methoxy groups -OCH3 is 1. The highest BCUT2D eigenvalue weighted by Gasteiger charge is 2.27. The Labute approximate surface area is 158 Å². The molecule has 3 heterocycles. The second kappa shape index (κ2) is 7.54. The minimum absolute atomic E-state index is 0.219. The number of nitrogens with zero attached hydrogens (tertiary/aromatic N) is 4. The first-order chi connectivity index (χ1) is 13.2. The van der Waals surface area contributed by atoms with Gasteiger partial charge in [0.25, 0.3) is 0 Å². The SMILES string of the molecule is COCCN1CCCCC1n1cc(-c2ccc(O)cc2)c2c(N)ncnc21. The molecule has 3 N–H and O–H groups in total. The van der Waals surface area contributed by atoms with Gasteiger partial charge >= 0.3 is 0 Å². The van der Waals surface area contributed by atoms with Crippen LogP contribution < -0.4 is 5.73 Å². The van der Waals surface area contributed by atoms with Gasteiger partial charge in [-0.2, -0.15) is 0 Å². The molecule has 0 spiro atoms. The number of benzene rings is 1. The van der Waals surface area contributed by atoms with Crippen LogP contribution >= 0.6 is 0 Å². The van der Waals surface area contributed by atoms with E-state index in [4.69, 9.17) is 10.5 Å². The number of nitrogen functional groups attached to an aromatic ring is 1. The molecule has 0 amide bonds. The van der Waals surface area contributed by atoms with Gasteiger partial charge in [0.15, 0.2) is 0 Å². The molecule has 3 aromatic rings. The molecule has 1 unspecified atom stereocenters. The zero-order valence-corrected chi connectivity index (χ0v) is 15.5. The number of fused-ring (bicyclic) bond motifs is 1. The summed E-state index contributed by atoms with van der Waals surface area (Å²) in [5.41, 5.74) is 9.05. The van der Waals surface area contributed by atoms with E-state index < -0.39 is 0 Å². The molecule has 27 heavy (non-hydrogen) atoms. The van der Waals surface area contributed by atoms with Crippen LogP contribution in [0.25, 0.3) is 22.2 Å². The molecule has 1 aliphatic heterocycles. The van der Waals surface area contributed by atoms with E-state index in [9.17, 15) is 5.11 Å². The molecule has 142 valence electrons. The lowest BCUT2D eigenvalue weighted by atomic mass is 10.1. The fourth-order valence-corrected chi connectivity index (χ4v) is 3.95. The maximum atomic E-state index is 9.62. The predicted octanol–water partition coefficient (Wildman–Crippen LogP) is 3.02. The monoisotopic (exact) mass is 367 g/mol. The Morgan fingerprint density at radius 1 is 1.22 bits per heavy atom. The highest BCUT2D eigenvalue weighted by atomic mass is 16.5. The maximum absolute atomic E-state index is 9.62. The number of aromatic nitrogens is 3. The lowest BCUT2D eigenvalue weighted by Gasteiger charge is -2.36. The van der Waals surface area contributed by atoms with E-state index in [-0.39, 0.29) is 11.9 Å². The largest absolute Gasteiger partial charge is 0.508 e. The number of aromatic hydroxyl groups is 1. The molecular weight excluding hydrogens is 342 g/mol. The van der Waals surface area contributed by atoms with Crippen LogP contribution in [0.1, 0.15) is 25.4 Å². The number of likely N-dealkylation sites (tertiary alicyclic amines) is 1. The fraction of sp³-hybridized carbons (Fsp3) is 0.400. The molecule has 0 saturated carbocycles. The summed E-state index contributed by atoms with van der Waals surface area (Å²) in [4.78, 5) is 11.2. The topological polar surface area (TPSA) is 89.4 Å². The van der Waals surface area contributed by atoms with Crippen LogP contribution in [0, 0.1) is 0 Å². The molecule has 0 aliphatic carbocycles. The number of ether oxygens (including phenoxy) is 1. The Balaban J connectivity index is 1.83. The van der Waals surface area contributed by atoms with Crippen LogP contribution in [-0.4, -0.2) is 51.3 Å². The van der Waals surface area contributed by atoms with E-state index in [1.54, 1.807) is 19.2 Å². The van der Waals surface area contributed by atoms with Crippen molar-refractivity contribution in [3.63, 3.8) is 0 Å². The van der Waals surface area contributed by atoms with E-state index >= 15 is 0 Å². The second-order valence-electron chi connectivity index (χ2n) is 6.96. The molecule has 1 saturated heterocycles. The molecule has 0 radical (unpaired) electrons. The minimum Gasteiger partial charge on any atom is -0.508 e. The standard InChI is InChI=1S/C20H25N5O2/c1-27-11-10-24-9-3-2-4-17(24)25-12-16(14-5-7-15(26)8-6-14)18-19(21)22-13-23-20(18)25/h5-8,12-13,17,26H,2-4,9-11H2,1H3,(H2,21,22,23). The van der Waals surface area contributed by atoms with Gasteiger partial charge in [-0.25, -0.2) is 9.97 Å². The predicted molar refractivity (Wildman–Crippen MR) is 105 cm³/mol. The van der Waals surface area contributed by atoms with Gasteiger partial charge in [-0.15, -0.1) is 0 Å². The Kier molecular flexibility index (Phi) is 4.96. The summed E-state index contributed by atoms with van der Waals surface area (Å²) in [6.45, 7) is 2.64. The van der Waals surface area contributed by atoms with Crippen molar-refractivity contribution in [2.45, 2.75) is 25.4 Å². The zero-order valence-electron chi connectivity index (χ0n) is 15.5. The third kappa shape index (κ3) is 3.36. The average Bonchev–Trinajstić information content (AvgIpc) is 3.08. The van der Waals surface area contributed by atoms with E-state index in [2.05, 4.69) is 25.6 Å². The van der Waals surface area contributed by atoms with Crippen LogP contribution in [0.3, 0.4) is 0 Å². The lowest BCUT2D eigenvalue weighted by Crippen LogP contribution is -2.38. The first-order valence-electron chi connectivity index (χ1n) is 9.32. The number of rotatable bonds is 5. The molecule has 1 aromatic carbocycles. The quantitative estimate of drug-likeness (QED) is 0.720. The number of nitrogens with two attached hydrogens (primary N) is 1. The minimum atomic E-state index is 0.219. The summed E-state index contributed by atoms with van der Waals surface area (Å²) < 4.78 is 7.53. The first kappa shape index (κ1) is 17.8. The Morgan fingerprint density at radius 3 is 2.81 bits per heavy atom. The van der Waals surface area contributed by atoms with Crippen molar-refractivity contribution in [1.29, 1.82) is 0 Å².